The van der Waals surface area contributed by atoms with Crippen LogP contribution >= 0.6 is 11.3 Å². The minimum Gasteiger partial charge on any atom is -0.389 e. The predicted octanol–water partition coefficient (Wildman–Crippen LogP) is 7.40. The molecule has 3 N–H and O–H groups in total. The Bertz CT molecular complexity index is 1730. The first-order chi connectivity index (χ1) is 22.8. The first kappa shape index (κ1) is 35.1. The zero-order valence-corrected chi connectivity index (χ0v) is 27.0. The third-order valence-corrected chi connectivity index (χ3v) is 9.37. The molecule has 4 atom stereocenters. The zero-order chi connectivity index (χ0) is 34.6. The van der Waals surface area contributed by atoms with Crippen LogP contribution in [-0.2, 0) is 12.7 Å². The number of carbonyl (C=O) groups excluding carboxylic acids is 2. The Morgan fingerprint density at radius 2 is 1.75 bits per heavy atom. The molecule has 1 saturated heterocycles. The minimum absolute atomic E-state index is 0.0266. The number of likely N-dealkylation sites (tertiary alicyclic amines) is 1. The third-order valence-electron chi connectivity index (χ3n) is 8.30. The molecule has 0 spiro atoms. The molecule has 1 fully saturated rings. The van der Waals surface area contributed by atoms with Crippen molar-refractivity contribution in [3.8, 4) is 0 Å². The number of aliphatic hydroxyl groups excluding tert-OH is 1. The van der Waals surface area contributed by atoms with E-state index in [0.29, 0.717) is 24.1 Å². The van der Waals surface area contributed by atoms with E-state index in [1.54, 1.807) is 35.2 Å². The highest BCUT2D eigenvalue weighted by Crippen LogP contribution is 2.35. The van der Waals surface area contributed by atoms with Crippen LogP contribution in [0.2, 0.25) is 0 Å². The summed E-state index contributed by atoms with van der Waals surface area (Å²) in [5.41, 5.74) is 0.235. The van der Waals surface area contributed by atoms with E-state index in [-0.39, 0.29) is 23.7 Å². The van der Waals surface area contributed by atoms with Crippen molar-refractivity contribution >= 4 is 23.2 Å². The molecular formula is C35H35F5N4O3S. The van der Waals surface area contributed by atoms with Crippen molar-refractivity contribution < 1.29 is 36.6 Å². The number of halogens is 5. The summed E-state index contributed by atoms with van der Waals surface area (Å²) < 4.78 is 67.8. The number of alkyl halides is 5. The van der Waals surface area contributed by atoms with E-state index in [1.807, 2.05) is 12.3 Å². The quantitative estimate of drug-likeness (QED) is 0.143. The summed E-state index contributed by atoms with van der Waals surface area (Å²) in [5, 5.41) is 19.8. The second-order valence-corrected chi connectivity index (χ2v) is 12.7. The van der Waals surface area contributed by atoms with Gasteiger partial charge in [0.1, 0.15) is 5.01 Å². The fourth-order valence-electron chi connectivity index (χ4n) is 5.84. The van der Waals surface area contributed by atoms with E-state index in [2.05, 4.69) is 15.6 Å². The molecule has 2 heterocycles. The maximum atomic E-state index is 14.0. The topological polar surface area (TPSA) is 94.6 Å². The van der Waals surface area contributed by atoms with E-state index in [9.17, 15) is 36.6 Å². The highest BCUT2D eigenvalue weighted by atomic mass is 32.1. The molecule has 1 aliphatic heterocycles. The summed E-state index contributed by atoms with van der Waals surface area (Å²) in [6, 6.07) is 14.8. The highest BCUT2D eigenvalue weighted by Gasteiger charge is 2.34. The minimum atomic E-state index is -4.52. The third kappa shape index (κ3) is 8.26. The normalized spacial score (nSPS) is 16.9. The van der Waals surface area contributed by atoms with Crippen LogP contribution in [0.3, 0.4) is 0 Å². The van der Waals surface area contributed by atoms with Gasteiger partial charge in [-0.1, -0.05) is 48.5 Å². The van der Waals surface area contributed by atoms with Crippen molar-refractivity contribution in [3.05, 3.63) is 122 Å². The van der Waals surface area contributed by atoms with Gasteiger partial charge in [-0.3, -0.25) is 9.59 Å². The summed E-state index contributed by atoms with van der Waals surface area (Å²) in [4.78, 5) is 33.2. The Balaban J connectivity index is 1.34. The largest absolute Gasteiger partial charge is 0.416 e. The van der Waals surface area contributed by atoms with Crippen LogP contribution in [0, 0.1) is 6.92 Å². The van der Waals surface area contributed by atoms with Crippen LogP contribution in [0.15, 0.2) is 78.2 Å². The van der Waals surface area contributed by atoms with Gasteiger partial charge in [0.25, 0.3) is 18.2 Å². The maximum Gasteiger partial charge on any atom is 0.416 e. The molecule has 7 nitrogen and oxygen atoms in total. The SMILES string of the molecule is Cc1csc(C2CCCN2C(=O)c2cc(C(=O)NC(C)C(O)C(NCc3cccc(C(F)(F)F)c3)c3ccccc3)cc(C(F)F)c2)n1. The van der Waals surface area contributed by atoms with Gasteiger partial charge < -0.3 is 20.6 Å². The Labute approximate surface area is 278 Å². The van der Waals surface area contributed by atoms with Crippen LogP contribution in [0.25, 0.3) is 0 Å². The van der Waals surface area contributed by atoms with Gasteiger partial charge >= 0.3 is 6.18 Å². The molecule has 0 bridgehead atoms. The summed E-state index contributed by atoms with van der Waals surface area (Å²) in [6.07, 6.45) is -7.37. The summed E-state index contributed by atoms with van der Waals surface area (Å²) in [7, 11) is 0. The van der Waals surface area contributed by atoms with Gasteiger partial charge in [-0.25, -0.2) is 13.8 Å². The van der Waals surface area contributed by atoms with Crippen LogP contribution in [0.5, 0.6) is 0 Å². The summed E-state index contributed by atoms with van der Waals surface area (Å²) in [5.74, 6) is -1.27. The molecule has 5 rings (SSSR count). The lowest BCUT2D eigenvalue weighted by atomic mass is 9.96. The second kappa shape index (κ2) is 14.9. The Hall–Kier alpha value is -4.20. The number of hydrogen-bond acceptors (Lipinski definition) is 6. The van der Waals surface area contributed by atoms with Crippen LogP contribution in [0.4, 0.5) is 22.0 Å². The van der Waals surface area contributed by atoms with Crippen molar-refractivity contribution in [3.63, 3.8) is 0 Å². The number of rotatable bonds is 11. The molecule has 0 radical (unpaired) electrons. The van der Waals surface area contributed by atoms with E-state index in [0.717, 1.165) is 41.4 Å². The van der Waals surface area contributed by atoms with E-state index in [1.165, 1.54) is 36.5 Å². The summed E-state index contributed by atoms with van der Waals surface area (Å²) in [6.45, 7) is 3.77. The molecule has 254 valence electrons. The van der Waals surface area contributed by atoms with Gasteiger partial charge in [0.15, 0.2) is 0 Å². The van der Waals surface area contributed by atoms with E-state index in [4.69, 9.17) is 0 Å². The Kier molecular flexibility index (Phi) is 10.9. The molecule has 48 heavy (non-hydrogen) atoms. The molecule has 4 aromatic rings. The number of nitrogens with one attached hydrogen (secondary N) is 2. The van der Waals surface area contributed by atoms with Crippen LogP contribution < -0.4 is 10.6 Å². The van der Waals surface area contributed by atoms with Crippen molar-refractivity contribution in [2.45, 2.75) is 70.1 Å². The number of amides is 2. The van der Waals surface area contributed by atoms with Gasteiger partial charge in [0.2, 0.25) is 0 Å². The lowest BCUT2D eigenvalue weighted by Crippen LogP contribution is -2.47. The van der Waals surface area contributed by atoms with Gasteiger partial charge in [-0.15, -0.1) is 11.3 Å². The van der Waals surface area contributed by atoms with Gasteiger partial charge in [-0.05, 0) is 62.1 Å². The van der Waals surface area contributed by atoms with E-state index >= 15 is 0 Å². The molecule has 2 amide bonds. The molecule has 3 aromatic carbocycles. The average Bonchev–Trinajstić information content (AvgIpc) is 3.73. The fraction of sp³-hybridized carbons (Fsp3) is 0.343. The zero-order valence-electron chi connectivity index (χ0n) is 26.2. The predicted molar refractivity (Wildman–Crippen MR) is 172 cm³/mol. The molecule has 0 saturated carbocycles. The van der Waals surface area contributed by atoms with Gasteiger partial charge in [-0.2, -0.15) is 13.2 Å². The second-order valence-electron chi connectivity index (χ2n) is 11.8. The van der Waals surface area contributed by atoms with Gasteiger partial charge in [0, 0.05) is 40.9 Å². The van der Waals surface area contributed by atoms with Crippen molar-refractivity contribution in [2.75, 3.05) is 6.54 Å². The fourth-order valence-corrected chi connectivity index (χ4v) is 6.78. The lowest BCUT2D eigenvalue weighted by Gasteiger charge is -2.30. The molecule has 1 aromatic heterocycles. The number of nitrogens with zero attached hydrogens (tertiary/aromatic N) is 2. The van der Waals surface area contributed by atoms with Crippen LogP contribution in [-0.4, -0.2) is 45.5 Å². The number of aliphatic hydroxyl groups is 1. The van der Waals surface area contributed by atoms with Gasteiger partial charge in [0.05, 0.1) is 29.8 Å². The first-order valence-corrected chi connectivity index (χ1v) is 16.3. The maximum absolute atomic E-state index is 14.0. The molecule has 4 unspecified atom stereocenters. The summed E-state index contributed by atoms with van der Waals surface area (Å²) >= 11 is 1.43. The van der Waals surface area contributed by atoms with Crippen LogP contribution in [0.1, 0.15) is 91.9 Å². The first-order valence-electron chi connectivity index (χ1n) is 15.4. The number of thiazole rings is 1. The Morgan fingerprint density at radius 1 is 1.02 bits per heavy atom. The molecule has 1 aliphatic rings. The average molecular weight is 687 g/mol. The monoisotopic (exact) mass is 686 g/mol. The van der Waals surface area contributed by atoms with E-state index < -0.39 is 53.7 Å². The number of benzene rings is 3. The number of carbonyl (C=O) groups is 2. The lowest BCUT2D eigenvalue weighted by molar-refractivity contribution is -0.137. The number of hydrogen-bond donors (Lipinski definition) is 3. The number of aryl methyl sites for hydroxylation is 1. The molecule has 13 heteroatoms. The smallest absolute Gasteiger partial charge is 0.389 e. The standard InChI is InChI=1S/C35H35F5N4O3S/c1-20-19-48-33(42-20)28-12-7-13-44(28)34(47)26-16-24(31(36)37)15-25(17-26)32(46)43-21(2)30(45)29(23-9-4-3-5-10-23)41-18-22-8-6-11-27(14-22)35(38,39)40/h3-6,8-11,14-17,19,21,28-31,41,45H,7,12-13,18H2,1-2H3,(H,43,46). The number of aromatic nitrogens is 1. The van der Waals surface area contributed by atoms with Crippen molar-refractivity contribution in [1.82, 2.24) is 20.5 Å². The van der Waals surface area contributed by atoms with Crippen molar-refractivity contribution in [2.24, 2.45) is 0 Å². The molecular weight excluding hydrogens is 651 g/mol. The van der Waals surface area contributed by atoms with Crippen molar-refractivity contribution in [1.29, 1.82) is 0 Å². The highest BCUT2D eigenvalue weighted by molar-refractivity contribution is 7.09. The Morgan fingerprint density at radius 3 is 2.42 bits per heavy atom. The molecule has 0 aliphatic carbocycles.